The van der Waals surface area contributed by atoms with E-state index in [1.165, 1.54) is 24.3 Å². The van der Waals surface area contributed by atoms with E-state index in [9.17, 15) is 5.11 Å². The summed E-state index contributed by atoms with van der Waals surface area (Å²) in [6, 6.07) is 0. The molecule has 17 heavy (non-hydrogen) atoms. The van der Waals surface area contributed by atoms with Crippen LogP contribution in [0.15, 0.2) is 0 Å². The first-order chi connectivity index (χ1) is 8.33. The highest BCUT2D eigenvalue weighted by Gasteiger charge is 2.23. The van der Waals surface area contributed by atoms with Crippen LogP contribution in [0.3, 0.4) is 0 Å². The number of nitrogens with zero attached hydrogens (tertiary/aromatic N) is 3. The third-order valence-electron chi connectivity index (χ3n) is 3.82. The van der Waals surface area contributed by atoms with Crippen LogP contribution < -0.4 is 0 Å². The van der Waals surface area contributed by atoms with E-state index in [2.05, 4.69) is 26.5 Å². The molecule has 2 aliphatic heterocycles. The minimum absolute atomic E-state index is 0.217. The van der Waals surface area contributed by atoms with Gasteiger partial charge in [-0.05, 0) is 36.7 Å². The molecular formula is C12H19N3OS. The standard InChI is InChI=1S/C12H19N3OS/c16-10-1-4-15-11(13-14-12(15)8-10)7-9-2-5-17-6-3-9/h9-10,16H,1-8H2. The van der Waals surface area contributed by atoms with Gasteiger partial charge in [0.15, 0.2) is 0 Å². The van der Waals surface area contributed by atoms with Crippen LogP contribution in [0.5, 0.6) is 0 Å². The van der Waals surface area contributed by atoms with Crippen LogP contribution in [0.1, 0.15) is 30.9 Å². The third-order valence-corrected chi connectivity index (χ3v) is 4.87. The number of rotatable bonds is 2. The van der Waals surface area contributed by atoms with Gasteiger partial charge in [0.25, 0.3) is 0 Å². The Bertz CT molecular complexity index is 387. The van der Waals surface area contributed by atoms with Gasteiger partial charge in [0.1, 0.15) is 11.6 Å². The summed E-state index contributed by atoms with van der Waals surface area (Å²) in [4.78, 5) is 0. The molecule has 3 rings (SSSR count). The zero-order valence-electron chi connectivity index (χ0n) is 10.0. The molecule has 1 unspecified atom stereocenters. The van der Waals surface area contributed by atoms with Gasteiger partial charge in [-0.3, -0.25) is 0 Å². The Kier molecular flexibility index (Phi) is 3.38. The molecule has 0 radical (unpaired) electrons. The molecule has 1 fully saturated rings. The van der Waals surface area contributed by atoms with E-state index in [0.29, 0.717) is 6.42 Å². The van der Waals surface area contributed by atoms with E-state index in [1.807, 2.05) is 0 Å². The molecular weight excluding hydrogens is 234 g/mol. The summed E-state index contributed by atoms with van der Waals surface area (Å²) in [5.74, 6) is 5.50. The van der Waals surface area contributed by atoms with Crippen molar-refractivity contribution in [2.45, 2.75) is 44.8 Å². The van der Waals surface area contributed by atoms with Gasteiger partial charge < -0.3 is 9.67 Å². The predicted molar refractivity (Wildman–Crippen MR) is 68.1 cm³/mol. The molecule has 1 aromatic rings. The molecule has 1 atom stereocenters. The Balaban J connectivity index is 1.71. The van der Waals surface area contributed by atoms with E-state index in [-0.39, 0.29) is 6.10 Å². The zero-order chi connectivity index (χ0) is 11.7. The van der Waals surface area contributed by atoms with E-state index < -0.39 is 0 Å². The maximum atomic E-state index is 9.60. The van der Waals surface area contributed by atoms with Gasteiger partial charge in [-0.2, -0.15) is 11.8 Å². The smallest absolute Gasteiger partial charge is 0.135 e. The fourth-order valence-electron chi connectivity index (χ4n) is 2.73. The maximum absolute atomic E-state index is 9.60. The van der Waals surface area contributed by atoms with Crippen LogP contribution in [0.25, 0.3) is 0 Å². The second-order valence-corrected chi connectivity index (χ2v) is 6.32. The minimum Gasteiger partial charge on any atom is -0.393 e. The first-order valence-corrected chi connectivity index (χ1v) is 7.65. The average molecular weight is 253 g/mol. The number of hydrogen-bond acceptors (Lipinski definition) is 4. The maximum Gasteiger partial charge on any atom is 0.135 e. The fourth-order valence-corrected chi connectivity index (χ4v) is 3.94. The van der Waals surface area contributed by atoms with Crippen molar-refractivity contribution in [3.05, 3.63) is 11.6 Å². The molecule has 3 heterocycles. The van der Waals surface area contributed by atoms with Crippen molar-refractivity contribution in [3.8, 4) is 0 Å². The van der Waals surface area contributed by atoms with Crippen molar-refractivity contribution in [1.82, 2.24) is 14.8 Å². The lowest BCUT2D eigenvalue weighted by Crippen LogP contribution is -2.25. The van der Waals surface area contributed by atoms with Crippen LogP contribution >= 0.6 is 11.8 Å². The third kappa shape index (κ3) is 2.50. The lowest BCUT2D eigenvalue weighted by Gasteiger charge is -2.23. The molecule has 0 aromatic carbocycles. The van der Waals surface area contributed by atoms with Gasteiger partial charge in [-0.1, -0.05) is 0 Å². The summed E-state index contributed by atoms with van der Waals surface area (Å²) in [6.07, 6.45) is 5.01. The van der Waals surface area contributed by atoms with Crippen molar-refractivity contribution >= 4 is 11.8 Å². The summed E-state index contributed by atoms with van der Waals surface area (Å²) in [6.45, 7) is 0.889. The van der Waals surface area contributed by atoms with Gasteiger partial charge in [-0.25, -0.2) is 0 Å². The molecule has 0 spiro atoms. The van der Waals surface area contributed by atoms with Crippen molar-refractivity contribution in [2.75, 3.05) is 11.5 Å². The van der Waals surface area contributed by atoms with Gasteiger partial charge in [0.05, 0.1) is 6.10 Å². The molecule has 0 aliphatic carbocycles. The van der Waals surface area contributed by atoms with E-state index in [4.69, 9.17) is 0 Å². The van der Waals surface area contributed by atoms with Crippen molar-refractivity contribution in [2.24, 2.45) is 5.92 Å². The fraction of sp³-hybridized carbons (Fsp3) is 0.833. The van der Waals surface area contributed by atoms with Crippen LogP contribution in [0, 0.1) is 5.92 Å². The number of fused-ring (bicyclic) bond motifs is 1. The van der Waals surface area contributed by atoms with Gasteiger partial charge in [0.2, 0.25) is 0 Å². The molecule has 5 heteroatoms. The summed E-state index contributed by atoms with van der Waals surface area (Å²) in [5.41, 5.74) is 0. The van der Waals surface area contributed by atoms with Crippen LogP contribution in [0.4, 0.5) is 0 Å². The Morgan fingerprint density at radius 2 is 2.06 bits per heavy atom. The van der Waals surface area contributed by atoms with Crippen LogP contribution in [0.2, 0.25) is 0 Å². The summed E-state index contributed by atoms with van der Waals surface area (Å²) >= 11 is 2.06. The number of hydrogen-bond donors (Lipinski definition) is 1. The summed E-state index contributed by atoms with van der Waals surface area (Å²) in [5, 5.41) is 18.1. The molecule has 1 saturated heterocycles. The highest BCUT2D eigenvalue weighted by atomic mass is 32.2. The number of aliphatic hydroxyl groups excluding tert-OH is 1. The van der Waals surface area contributed by atoms with E-state index in [0.717, 1.165) is 37.0 Å². The second-order valence-electron chi connectivity index (χ2n) is 5.09. The monoisotopic (exact) mass is 253 g/mol. The molecule has 1 aromatic heterocycles. The minimum atomic E-state index is -0.217. The Labute approximate surface area is 106 Å². The Morgan fingerprint density at radius 3 is 2.88 bits per heavy atom. The molecule has 94 valence electrons. The Morgan fingerprint density at radius 1 is 1.24 bits per heavy atom. The number of aliphatic hydroxyl groups is 1. The van der Waals surface area contributed by atoms with Gasteiger partial charge >= 0.3 is 0 Å². The lowest BCUT2D eigenvalue weighted by molar-refractivity contribution is 0.141. The van der Waals surface area contributed by atoms with Crippen molar-refractivity contribution in [3.63, 3.8) is 0 Å². The molecule has 1 N–H and O–H groups in total. The van der Waals surface area contributed by atoms with E-state index in [1.54, 1.807) is 0 Å². The number of aromatic nitrogens is 3. The van der Waals surface area contributed by atoms with Crippen molar-refractivity contribution < 1.29 is 5.11 Å². The van der Waals surface area contributed by atoms with Gasteiger partial charge in [-0.15, -0.1) is 10.2 Å². The molecule has 0 amide bonds. The Hall–Kier alpha value is -0.550. The lowest BCUT2D eigenvalue weighted by atomic mass is 9.98. The zero-order valence-corrected chi connectivity index (χ0v) is 10.8. The predicted octanol–water partition coefficient (Wildman–Crippen LogP) is 1.27. The number of thioether (sulfide) groups is 1. The highest BCUT2D eigenvalue weighted by Crippen LogP contribution is 2.26. The first-order valence-electron chi connectivity index (χ1n) is 6.49. The summed E-state index contributed by atoms with van der Waals surface area (Å²) < 4.78 is 2.23. The highest BCUT2D eigenvalue weighted by molar-refractivity contribution is 7.99. The van der Waals surface area contributed by atoms with Crippen LogP contribution in [-0.2, 0) is 19.4 Å². The SMILES string of the molecule is OC1CCn2c(nnc2CC2CCSCC2)C1. The summed E-state index contributed by atoms with van der Waals surface area (Å²) in [7, 11) is 0. The van der Waals surface area contributed by atoms with Crippen LogP contribution in [-0.4, -0.2) is 37.5 Å². The second kappa shape index (κ2) is 4.98. The van der Waals surface area contributed by atoms with Crippen molar-refractivity contribution in [1.29, 1.82) is 0 Å². The molecule has 0 saturated carbocycles. The average Bonchev–Trinajstić information content (AvgIpc) is 2.73. The molecule has 4 nitrogen and oxygen atoms in total. The topological polar surface area (TPSA) is 50.9 Å². The van der Waals surface area contributed by atoms with Gasteiger partial charge in [0, 0.05) is 19.4 Å². The quantitative estimate of drug-likeness (QED) is 0.862. The molecule has 0 bridgehead atoms. The normalized spacial score (nSPS) is 25.8. The molecule has 2 aliphatic rings. The largest absolute Gasteiger partial charge is 0.393 e. The van der Waals surface area contributed by atoms with E-state index >= 15 is 0 Å². The first kappa shape index (κ1) is 11.5.